The minimum atomic E-state index is -0.753. The Hall–Kier alpha value is -3.81. The molecular formula is C28H36N4O4. The lowest BCUT2D eigenvalue weighted by molar-refractivity contribution is -0.138. The largest absolute Gasteiger partial charge is 0.463 e. The van der Waals surface area contributed by atoms with Crippen molar-refractivity contribution in [2.24, 2.45) is 0 Å². The molecule has 36 heavy (non-hydrogen) atoms. The van der Waals surface area contributed by atoms with Gasteiger partial charge in [0.05, 0.1) is 23.9 Å². The highest BCUT2D eigenvalue weighted by atomic mass is 16.5. The molecule has 2 aromatic rings. The fourth-order valence-corrected chi connectivity index (χ4v) is 4.07. The molecule has 0 unspecified atom stereocenters. The van der Waals surface area contributed by atoms with Gasteiger partial charge < -0.3 is 20.7 Å². The third-order valence-electron chi connectivity index (χ3n) is 5.57. The Balaban J connectivity index is 2.11. The van der Waals surface area contributed by atoms with Crippen LogP contribution in [0.3, 0.4) is 0 Å². The molecule has 0 bridgehead atoms. The molecule has 1 heterocycles. The predicted octanol–water partition coefficient (Wildman–Crippen LogP) is 5.45. The summed E-state index contributed by atoms with van der Waals surface area (Å²) in [4.78, 5) is 40.8. The van der Waals surface area contributed by atoms with Crippen molar-refractivity contribution in [3.05, 3.63) is 71.3 Å². The highest BCUT2D eigenvalue weighted by Gasteiger charge is 2.38. The van der Waals surface area contributed by atoms with Gasteiger partial charge in [-0.3, -0.25) is 4.90 Å². The lowest BCUT2D eigenvalue weighted by atomic mass is 9.91. The van der Waals surface area contributed by atoms with Crippen LogP contribution in [0, 0.1) is 0 Å². The van der Waals surface area contributed by atoms with Crippen LogP contribution in [-0.2, 0) is 9.53 Å². The van der Waals surface area contributed by atoms with Gasteiger partial charge in [0.2, 0.25) is 0 Å². The first-order valence-corrected chi connectivity index (χ1v) is 12.4. The maximum absolute atomic E-state index is 13.4. The summed E-state index contributed by atoms with van der Waals surface area (Å²) in [6, 6.07) is 15.2. The van der Waals surface area contributed by atoms with Gasteiger partial charge in [0, 0.05) is 17.8 Å². The van der Waals surface area contributed by atoms with E-state index < -0.39 is 17.6 Å². The van der Waals surface area contributed by atoms with Crippen LogP contribution in [-0.4, -0.2) is 41.6 Å². The number of ether oxygens (including phenoxy) is 1. The maximum atomic E-state index is 13.4. The molecule has 1 atom stereocenters. The van der Waals surface area contributed by atoms with Gasteiger partial charge in [-0.2, -0.15) is 0 Å². The predicted molar refractivity (Wildman–Crippen MR) is 141 cm³/mol. The smallest absolute Gasteiger partial charge is 0.338 e. The van der Waals surface area contributed by atoms with E-state index in [0.29, 0.717) is 29.1 Å². The second-order valence-corrected chi connectivity index (χ2v) is 9.69. The molecule has 4 amide bonds. The molecule has 0 aliphatic carbocycles. The number of unbranched alkanes of at least 4 members (excludes halogenated alkanes) is 1. The van der Waals surface area contributed by atoms with Crippen molar-refractivity contribution in [3.63, 3.8) is 0 Å². The van der Waals surface area contributed by atoms with Crippen LogP contribution < -0.4 is 16.0 Å². The summed E-state index contributed by atoms with van der Waals surface area (Å²) in [6.45, 7) is 10.2. The number of anilines is 1. The Morgan fingerprint density at radius 1 is 1.06 bits per heavy atom. The first kappa shape index (κ1) is 26.8. The Kier molecular flexibility index (Phi) is 8.74. The van der Waals surface area contributed by atoms with Gasteiger partial charge in [0.1, 0.15) is 0 Å². The first-order chi connectivity index (χ1) is 17.1. The summed E-state index contributed by atoms with van der Waals surface area (Å²) >= 11 is 0. The molecule has 0 saturated heterocycles. The minimum absolute atomic E-state index is 0.203. The molecule has 0 fully saturated rings. The SMILES string of the molecule is CCCCN1C(=O)N[C@@H](c2cccc(NC(=O)NC(C)(C)C)c2)C(C(=O)OCC)=C1c1ccccc1. The fourth-order valence-electron chi connectivity index (χ4n) is 4.07. The van der Waals surface area contributed by atoms with Crippen LogP contribution in [0.25, 0.3) is 5.70 Å². The average Bonchev–Trinajstić information content (AvgIpc) is 2.82. The summed E-state index contributed by atoms with van der Waals surface area (Å²) in [6.07, 6.45) is 1.68. The van der Waals surface area contributed by atoms with Crippen molar-refractivity contribution in [3.8, 4) is 0 Å². The molecular weight excluding hydrogens is 456 g/mol. The van der Waals surface area contributed by atoms with E-state index >= 15 is 0 Å². The molecule has 8 heteroatoms. The number of rotatable bonds is 8. The van der Waals surface area contributed by atoms with Crippen LogP contribution in [0.4, 0.5) is 15.3 Å². The summed E-state index contributed by atoms with van der Waals surface area (Å²) in [5.41, 5.74) is 2.46. The van der Waals surface area contributed by atoms with E-state index in [1.54, 1.807) is 30.0 Å². The van der Waals surface area contributed by atoms with Crippen molar-refractivity contribution in [2.75, 3.05) is 18.5 Å². The van der Waals surface area contributed by atoms with Crippen molar-refractivity contribution in [2.45, 2.75) is 59.0 Å². The third-order valence-corrected chi connectivity index (χ3v) is 5.57. The fraction of sp³-hybridized carbons (Fsp3) is 0.393. The number of esters is 1. The lowest BCUT2D eigenvalue weighted by Crippen LogP contribution is -2.48. The van der Waals surface area contributed by atoms with E-state index in [2.05, 4.69) is 22.9 Å². The van der Waals surface area contributed by atoms with Crippen molar-refractivity contribution in [1.29, 1.82) is 0 Å². The number of benzene rings is 2. The average molecular weight is 493 g/mol. The summed E-state index contributed by atoms with van der Waals surface area (Å²) in [7, 11) is 0. The summed E-state index contributed by atoms with van der Waals surface area (Å²) in [5.74, 6) is -0.494. The van der Waals surface area contributed by atoms with E-state index in [0.717, 1.165) is 18.4 Å². The number of hydrogen-bond acceptors (Lipinski definition) is 4. The second-order valence-electron chi connectivity index (χ2n) is 9.69. The Morgan fingerprint density at radius 3 is 2.42 bits per heavy atom. The van der Waals surface area contributed by atoms with Gasteiger partial charge in [0.15, 0.2) is 0 Å². The molecule has 8 nitrogen and oxygen atoms in total. The number of amides is 4. The highest BCUT2D eigenvalue weighted by molar-refractivity contribution is 6.04. The number of nitrogens with one attached hydrogen (secondary N) is 3. The topological polar surface area (TPSA) is 99.8 Å². The molecule has 3 rings (SSSR count). The van der Waals surface area contributed by atoms with E-state index in [4.69, 9.17) is 4.74 Å². The van der Waals surface area contributed by atoms with E-state index in [9.17, 15) is 14.4 Å². The summed E-state index contributed by atoms with van der Waals surface area (Å²) in [5, 5.41) is 8.69. The normalized spacial score (nSPS) is 15.9. The van der Waals surface area contributed by atoms with Gasteiger partial charge in [-0.05, 0) is 57.4 Å². The van der Waals surface area contributed by atoms with Crippen LogP contribution in [0.1, 0.15) is 64.6 Å². The zero-order valence-electron chi connectivity index (χ0n) is 21.7. The molecule has 0 aromatic heterocycles. The van der Waals surface area contributed by atoms with Gasteiger partial charge in [-0.1, -0.05) is 55.8 Å². The quantitative estimate of drug-likeness (QED) is 0.427. The molecule has 3 N–H and O–H groups in total. The van der Waals surface area contributed by atoms with Gasteiger partial charge in [-0.15, -0.1) is 0 Å². The van der Waals surface area contributed by atoms with Crippen molar-refractivity contribution < 1.29 is 19.1 Å². The molecule has 0 saturated carbocycles. The maximum Gasteiger partial charge on any atom is 0.338 e. The number of nitrogens with zero attached hydrogens (tertiary/aromatic N) is 1. The second kappa shape index (κ2) is 11.7. The lowest BCUT2D eigenvalue weighted by Gasteiger charge is -2.37. The monoisotopic (exact) mass is 492 g/mol. The number of urea groups is 2. The van der Waals surface area contributed by atoms with E-state index in [1.807, 2.05) is 57.2 Å². The Morgan fingerprint density at radius 2 is 1.78 bits per heavy atom. The number of carbonyl (C=O) groups excluding carboxylic acids is 3. The molecule has 0 radical (unpaired) electrons. The Labute approximate surface area is 213 Å². The Bertz CT molecular complexity index is 1120. The zero-order chi connectivity index (χ0) is 26.3. The molecule has 1 aliphatic rings. The third kappa shape index (κ3) is 6.65. The van der Waals surface area contributed by atoms with Crippen LogP contribution in [0.5, 0.6) is 0 Å². The number of hydrogen-bond donors (Lipinski definition) is 3. The van der Waals surface area contributed by atoms with Crippen LogP contribution in [0.2, 0.25) is 0 Å². The molecule has 192 valence electrons. The number of carbonyl (C=O) groups is 3. The standard InChI is InChI=1S/C28H36N4O4/c1-6-8-17-32-24(19-13-10-9-11-14-19)22(25(33)36-7-2)23(30-27(32)35)20-15-12-16-21(18-20)29-26(34)31-28(3,4)5/h9-16,18,23H,6-8,17H2,1-5H3,(H,30,35)(H2,29,31,34)/t23-/m0/s1. The zero-order valence-corrected chi connectivity index (χ0v) is 21.7. The van der Waals surface area contributed by atoms with E-state index in [1.165, 1.54) is 0 Å². The molecule has 2 aromatic carbocycles. The van der Waals surface area contributed by atoms with E-state index in [-0.39, 0.29) is 18.7 Å². The van der Waals surface area contributed by atoms with Crippen LogP contribution >= 0.6 is 0 Å². The molecule has 1 aliphatic heterocycles. The molecule has 0 spiro atoms. The first-order valence-electron chi connectivity index (χ1n) is 12.4. The van der Waals surface area contributed by atoms with Crippen LogP contribution in [0.15, 0.2) is 60.2 Å². The van der Waals surface area contributed by atoms with Gasteiger partial charge in [-0.25, -0.2) is 14.4 Å². The van der Waals surface area contributed by atoms with Crippen molar-refractivity contribution >= 4 is 29.4 Å². The van der Waals surface area contributed by atoms with Crippen molar-refractivity contribution in [1.82, 2.24) is 15.5 Å². The summed E-state index contributed by atoms with van der Waals surface area (Å²) < 4.78 is 5.47. The highest BCUT2D eigenvalue weighted by Crippen LogP contribution is 2.37. The van der Waals surface area contributed by atoms with Gasteiger partial charge in [0.25, 0.3) is 0 Å². The minimum Gasteiger partial charge on any atom is -0.463 e. The van der Waals surface area contributed by atoms with Gasteiger partial charge >= 0.3 is 18.0 Å².